The third-order valence-electron chi connectivity index (χ3n) is 4.40. The molecule has 0 aliphatic rings. The smallest absolute Gasteiger partial charge is 0.143 e. The van der Waals surface area contributed by atoms with Crippen molar-refractivity contribution in [2.24, 2.45) is 5.41 Å². The first-order chi connectivity index (χ1) is 11.3. The summed E-state index contributed by atoms with van der Waals surface area (Å²) < 4.78 is 0. The fourth-order valence-electron chi connectivity index (χ4n) is 2.79. The van der Waals surface area contributed by atoms with Crippen LogP contribution in [0, 0.1) is 5.41 Å². The molecule has 2 aromatic carbocycles. The van der Waals surface area contributed by atoms with Gasteiger partial charge in [-0.25, -0.2) is 0 Å². The summed E-state index contributed by atoms with van der Waals surface area (Å²) in [4.78, 5) is 1.53. The van der Waals surface area contributed by atoms with Gasteiger partial charge in [-0.1, -0.05) is 45.9 Å². The summed E-state index contributed by atoms with van der Waals surface area (Å²) in [7, 11) is 0. The average Bonchev–Trinajstić information content (AvgIpc) is 2.96. The van der Waals surface area contributed by atoms with E-state index in [1.54, 1.807) is 6.07 Å². The highest BCUT2D eigenvalue weighted by Gasteiger charge is 2.16. The Labute approximate surface area is 143 Å². The van der Waals surface area contributed by atoms with Gasteiger partial charge in [-0.15, -0.1) is 15.0 Å². The Morgan fingerprint density at radius 3 is 2.25 bits per heavy atom. The number of aromatic nitrogens is 3. The Bertz CT molecular complexity index is 812. The van der Waals surface area contributed by atoms with Crippen LogP contribution in [0.25, 0.3) is 16.7 Å². The van der Waals surface area contributed by atoms with Crippen molar-refractivity contribution < 1.29 is 5.11 Å². The molecule has 3 rings (SSSR count). The van der Waals surface area contributed by atoms with Crippen molar-refractivity contribution in [3.8, 4) is 11.4 Å². The number of benzene rings is 2. The van der Waals surface area contributed by atoms with Crippen LogP contribution in [-0.2, 0) is 0 Å². The van der Waals surface area contributed by atoms with E-state index in [4.69, 9.17) is 0 Å². The molecule has 0 spiro atoms. The predicted molar refractivity (Wildman–Crippen MR) is 97.6 cm³/mol. The van der Waals surface area contributed by atoms with E-state index in [-0.39, 0.29) is 5.75 Å². The summed E-state index contributed by atoms with van der Waals surface area (Å²) in [5.41, 5.74) is 3.81. The topological polar surface area (TPSA) is 50.9 Å². The van der Waals surface area contributed by atoms with Gasteiger partial charge in [0, 0.05) is 0 Å². The van der Waals surface area contributed by atoms with Gasteiger partial charge in [-0.05, 0) is 54.0 Å². The van der Waals surface area contributed by atoms with Crippen LogP contribution in [0.1, 0.15) is 52.0 Å². The number of nitrogens with zero attached hydrogens (tertiary/aromatic N) is 3. The van der Waals surface area contributed by atoms with Crippen LogP contribution in [-0.4, -0.2) is 20.1 Å². The van der Waals surface area contributed by atoms with Crippen molar-refractivity contribution >= 4 is 11.0 Å². The van der Waals surface area contributed by atoms with Crippen molar-refractivity contribution in [1.82, 2.24) is 15.0 Å². The maximum Gasteiger partial charge on any atom is 0.143 e. The lowest BCUT2D eigenvalue weighted by atomic mass is 9.85. The minimum Gasteiger partial charge on any atom is -0.506 e. The molecule has 4 nitrogen and oxygen atoms in total. The molecule has 126 valence electrons. The number of rotatable bonds is 4. The van der Waals surface area contributed by atoms with Crippen LogP contribution in [0.15, 0.2) is 42.5 Å². The van der Waals surface area contributed by atoms with E-state index in [1.165, 1.54) is 10.4 Å². The zero-order chi connectivity index (χ0) is 17.3. The summed E-state index contributed by atoms with van der Waals surface area (Å²) in [5, 5.41) is 19.2. The largest absolute Gasteiger partial charge is 0.506 e. The zero-order valence-electron chi connectivity index (χ0n) is 14.8. The van der Waals surface area contributed by atoms with E-state index in [1.807, 2.05) is 36.4 Å². The number of aromatic hydroxyl groups is 1. The van der Waals surface area contributed by atoms with Crippen LogP contribution in [0.3, 0.4) is 0 Å². The van der Waals surface area contributed by atoms with Crippen molar-refractivity contribution in [3.05, 3.63) is 48.0 Å². The molecule has 0 amide bonds. The van der Waals surface area contributed by atoms with E-state index < -0.39 is 0 Å². The number of phenolic OH excluding ortho intramolecular Hbond substituents is 1. The van der Waals surface area contributed by atoms with Crippen LogP contribution < -0.4 is 0 Å². The standard InChI is InChI=1S/C20H25N3O/c1-14(11-12-20(2,3)4)15-9-10-19(24)18(13-15)23-21-16-7-5-6-8-17(16)22-23/h5-10,13-14,24H,11-12H2,1-4H3. The van der Waals surface area contributed by atoms with Gasteiger partial charge in [0.2, 0.25) is 0 Å². The molecule has 24 heavy (non-hydrogen) atoms. The molecular formula is C20H25N3O. The molecule has 1 N–H and O–H groups in total. The van der Waals surface area contributed by atoms with Crippen molar-refractivity contribution in [3.63, 3.8) is 0 Å². The lowest BCUT2D eigenvalue weighted by molar-refractivity contribution is 0.352. The second-order valence-corrected chi connectivity index (χ2v) is 7.73. The van der Waals surface area contributed by atoms with E-state index in [2.05, 4.69) is 37.9 Å². The van der Waals surface area contributed by atoms with E-state index in [0.29, 0.717) is 17.0 Å². The molecule has 0 radical (unpaired) electrons. The van der Waals surface area contributed by atoms with E-state index in [0.717, 1.165) is 23.9 Å². The third-order valence-corrected chi connectivity index (χ3v) is 4.40. The summed E-state index contributed by atoms with van der Waals surface area (Å²) >= 11 is 0. The molecule has 0 saturated carbocycles. The molecule has 4 heteroatoms. The fraction of sp³-hybridized carbons (Fsp3) is 0.400. The van der Waals surface area contributed by atoms with Crippen molar-refractivity contribution in [2.45, 2.75) is 46.5 Å². The molecule has 0 bridgehead atoms. The first-order valence-electron chi connectivity index (χ1n) is 8.49. The summed E-state index contributed by atoms with van der Waals surface area (Å²) in [5.74, 6) is 0.621. The lowest BCUT2D eigenvalue weighted by Gasteiger charge is -2.21. The highest BCUT2D eigenvalue weighted by Crippen LogP contribution is 2.31. The summed E-state index contributed by atoms with van der Waals surface area (Å²) in [6.07, 6.45) is 2.27. The second-order valence-electron chi connectivity index (χ2n) is 7.73. The average molecular weight is 323 g/mol. The summed E-state index contributed by atoms with van der Waals surface area (Å²) in [6, 6.07) is 13.5. The molecule has 0 saturated heterocycles. The Morgan fingerprint density at radius 2 is 1.67 bits per heavy atom. The maximum atomic E-state index is 10.3. The van der Waals surface area contributed by atoms with Crippen molar-refractivity contribution in [1.29, 1.82) is 0 Å². The van der Waals surface area contributed by atoms with Gasteiger partial charge >= 0.3 is 0 Å². The molecule has 1 heterocycles. The number of phenols is 1. The highest BCUT2D eigenvalue weighted by atomic mass is 16.3. The molecule has 0 aliphatic heterocycles. The minimum absolute atomic E-state index is 0.196. The van der Waals surface area contributed by atoms with E-state index in [9.17, 15) is 5.11 Å². The van der Waals surface area contributed by atoms with Crippen LogP contribution in [0.2, 0.25) is 0 Å². The van der Waals surface area contributed by atoms with Crippen molar-refractivity contribution in [2.75, 3.05) is 0 Å². The van der Waals surface area contributed by atoms with Gasteiger partial charge in [0.05, 0.1) is 0 Å². The normalized spacial score (nSPS) is 13.3. The molecule has 1 aromatic heterocycles. The first-order valence-corrected chi connectivity index (χ1v) is 8.49. The third kappa shape index (κ3) is 3.58. The van der Waals surface area contributed by atoms with E-state index >= 15 is 0 Å². The second kappa shape index (κ2) is 6.27. The molecule has 1 atom stereocenters. The monoisotopic (exact) mass is 323 g/mol. The Morgan fingerprint density at radius 1 is 1.04 bits per heavy atom. The van der Waals surface area contributed by atoms with Gasteiger partial charge < -0.3 is 5.11 Å². The molecular weight excluding hydrogens is 298 g/mol. The molecule has 3 aromatic rings. The van der Waals surface area contributed by atoms with Crippen LogP contribution in [0.4, 0.5) is 0 Å². The quantitative estimate of drug-likeness (QED) is 0.730. The Kier molecular flexibility index (Phi) is 4.31. The van der Waals surface area contributed by atoms with Crippen LogP contribution in [0.5, 0.6) is 5.75 Å². The Balaban J connectivity index is 1.91. The summed E-state index contributed by atoms with van der Waals surface area (Å²) in [6.45, 7) is 9.03. The first kappa shape index (κ1) is 16.5. The zero-order valence-corrected chi connectivity index (χ0v) is 14.8. The Hall–Kier alpha value is -2.36. The fourth-order valence-corrected chi connectivity index (χ4v) is 2.79. The number of hydrogen-bond acceptors (Lipinski definition) is 3. The van der Waals surface area contributed by atoms with Gasteiger partial charge in [0.1, 0.15) is 22.5 Å². The number of hydrogen-bond donors (Lipinski definition) is 1. The molecule has 1 unspecified atom stereocenters. The molecule has 0 aliphatic carbocycles. The van der Waals surface area contributed by atoms with Gasteiger partial charge in [-0.2, -0.15) is 0 Å². The SMILES string of the molecule is CC(CCC(C)(C)C)c1ccc(O)c(-n2nc3ccccc3n2)c1. The lowest BCUT2D eigenvalue weighted by Crippen LogP contribution is -2.07. The van der Waals surface area contributed by atoms with Crippen LogP contribution >= 0.6 is 0 Å². The maximum absolute atomic E-state index is 10.3. The van der Waals surface area contributed by atoms with Gasteiger partial charge in [0.25, 0.3) is 0 Å². The minimum atomic E-state index is 0.196. The predicted octanol–water partition coefficient (Wildman–Crippen LogP) is 5.06. The number of fused-ring (bicyclic) bond motifs is 1. The van der Waals surface area contributed by atoms with Gasteiger partial charge in [0.15, 0.2) is 0 Å². The highest BCUT2D eigenvalue weighted by molar-refractivity contribution is 5.73. The van der Waals surface area contributed by atoms with Gasteiger partial charge in [-0.3, -0.25) is 0 Å². The molecule has 0 fully saturated rings.